The Bertz CT molecular complexity index is 432. The lowest BCUT2D eigenvalue weighted by Crippen LogP contribution is -2.35. The van der Waals surface area contributed by atoms with Crippen molar-refractivity contribution in [3.05, 3.63) is 35.4 Å². The van der Waals surface area contributed by atoms with Crippen molar-refractivity contribution in [2.45, 2.75) is 19.6 Å². The number of nitrogens with zero attached hydrogens (tertiary/aromatic N) is 1. The van der Waals surface area contributed by atoms with Gasteiger partial charge in [-0.05, 0) is 24.6 Å². The molecule has 0 heterocycles. The van der Waals surface area contributed by atoms with Crippen molar-refractivity contribution in [3.8, 4) is 0 Å². The minimum Gasteiger partial charge on any atom is -0.450 e. The molecule has 0 aliphatic carbocycles. The zero-order valence-electron chi connectivity index (χ0n) is 11.1. The molecule has 0 aliphatic heterocycles. The van der Waals surface area contributed by atoms with Gasteiger partial charge in [0, 0.05) is 19.6 Å². The van der Waals surface area contributed by atoms with Crippen LogP contribution in [0.15, 0.2) is 24.3 Å². The van der Waals surface area contributed by atoms with Crippen LogP contribution in [0, 0.1) is 0 Å². The van der Waals surface area contributed by atoms with E-state index in [1.54, 1.807) is 6.92 Å². The third kappa shape index (κ3) is 4.73. The highest BCUT2D eigenvalue weighted by Gasteiger charge is 2.30. The van der Waals surface area contributed by atoms with Crippen LogP contribution in [0.5, 0.6) is 0 Å². The number of benzene rings is 1. The number of alkyl halides is 3. The van der Waals surface area contributed by atoms with Crippen LogP contribution in [0.25, 0.3) is 0 Å². The van der Waals surface area contributed by atoms with Crippen LogP contribution in [0.3, 0.4) is 0 Å². The molecule has 20 heavy (non-hydrogen) atoms. The van der Waals surface area contributed by atoms with E-state index in [1.807, 2.05) is 0 Å². The largest absolute Gasteiger partial charge is 0.450 e. The van der Waals surface area contributed by atoms with E-state index in [9.17, 15) is 18.0 Å². The van der Waals surface area contributed by atoms with Crippen molar-refractivity contribution in [1.82, 2.24) is 4.90 Å². The summed E-state index contributed by atoms with van der Waals surface area (Å²) < 4.78 is 42.1. The molecular formula is C13H17F3N2O2. The van der Waals surface area contributed by atoms with E-state index >= 15 is 0 Å². The molecule has 1 rings (SSSR count). The van der Waals surface area contributed by atoms with Gasteiger partial charge >= 0.3 is 12.3 Å². The molecule has 0 unspecified atom stereocenters. The first-order valence-corrected chi connectivity index (χ1v) is 6.16. The summed E-state index contributed by atoms with van der Waals surface area (Å²) in [7, 11) is 0. The Hall–Kier alpha value is -1.76. The Labute approximate surface area is 115 Å². The lowest BCUT2D eigenvalue weighted by Gasteiger charge is -2.21. The van der Waals surface area contributed by atoms with Crippen LogP contribution in [0.4, 0.5) is 18.0 Å². The average molecular weight is 290 g/mol. The van der Waals surface area contributed by atoms with E-state index in [-0.39, 0.29) is 26.2 Å². The second-order valence-corrected chi connectivity index (χ2v) is 4.10. The van der Waals surface area contributed by atoms with Crippen LogP contribution in [-0.2, 0) is 17.5 Å². The van der Waals surface area contributed by atoms with Crippen molar-refractivity contribution in [3.63, 3.8) is 0 Å². The highest BCUT2D eigenvalue weighted by atomic mass is 19.4. The molecule has 1 aromatic carbocycles. The van der Waals surface area contributed by atoms with Gasteiger partial charge in [-0.1, -0.05) is 12.1 Å². The number of ether oxygens (including phenoxy) is 1. The van der Waals surface area contributed by atoms with Crippen LogP contribution < -0.4 is 5.73 Å². The van der Waals surface area contributed by atoms with Gasteiger partial charge < -0.3 is 15.4 Å². The molecule has 0 bridgehead atoms. The molecule has 1 amide bonds. The molecule has 0 fully saturated rings. The number of carbonyl (C=O) groups is 1. The molecule has 112 valence electrons. The van der Waals surface area contributed by atoms with Crippen molar-refractivity contribution in [1.29, 1.82) is 0 Å². The van der Waals surface area contributed by atoms with Crippen molar-refractivity contribution in [2.24, 2.45) is 5.73 Å². The standard InChI is InChI=1S/C13H17F3N2O2/c1-2-20-12(19)18(8-7-17)9-10-3-5-11(6-4-10)13(14,15)16/h3-6H,2,7-9,17H2,1H3. The highest BCUT2D eigenvalue weighted by Crippen LogP contribution is 2.29. The van der Waals surface area contributed by atoms with Crippen LogP contribution in [0.1, 0.15) is 18.1 Å². The van der Waals surface area contributed by atoms with E-state index in [0.717, 1.165) is 12.1 Å². The van der Waals surface area contributed by atoms with E-state index in [1.165, 1.54) is 17.0 Å². The van der Waals surface area contributed by atoms with E-state index < -0.39 is 17.8 Å². The first-order chi connectivity index (χ1) is 9.38. The summed E-state index contributed by atoms with van der Waals surface area (Å²) in [4.78, 5) is 13.0. The highest BCUT2D eigenvalue weighted by molar-refractivity contribution is 5.67. The van der Waals surface area contributed by atoms with Gasteiger partial charge in [-0.25, -0.2) is 4.79 Å². The summed E-state index contributed by atoms with van der Waals surface area (Å²) in [5, 5.41) is 0. The summed E-state index contributed by atoms with van der Waals surface area (Å²) >= 11 is 0. The van der Waals surface area contributed by atoms with Gasteiger partial charge in [0.15, 0.2) is 0 Å². The summed E-state index contributed by atoms with van der Waals surface area (Å²) in [6, 6.07) is 4.65. The number of amides is 1. The predicted octanol–water partition coefficient (Wildman–Crippen LogP) is 2.62. The lowest BCUT2D eigenvalue weighted by atomic mass is 10.1. The normalized spacial score (nSPS) is 11.2. The summed E-state index contributed by atoms with van der Waals surface area (Å²) in [5.74, 6) is 0. The third-order valence-corrected chi connectivity index (χ3v) is 2.58. The van der Waals surface area contributed by atoms with E-state index in [2.05, 4.69) is 0 Å². The zero-order chi connectivity index (χ0) is 15.2. The maximum atomic E-state index is 12.4. The molecule has 0 radical (unpaired) electrons. The number of hydrogen-bond donors (Lipinski definition) is 1. The first kappa shape index (κ1) is 16.3. The smallest absolute Gasteiger partial charge is 0.416 e. The average Bonchev–Trinajstić information content (AvgIpc) is 2.38. The van der Waals surface area contributed by atoms with Crippen LogP contribution in [-0.4, -0.2) is 30.7 Å². The maximum absolute atomic E-state index is 12.4. The van der Waals surface area contributed by atoms with Crippen LogP contribution >= 0.6 is 0 Å². The van der Waals surface area contributed by atoms with Crippen molar-refractivity contribution >= 4 is 6.09 Å². The lowest BCUT2D eigenvalue weighted by molar-refractivity contribution is -0.137. The molecule has 4 nitrogen and oxygen atoms in total. The van der Waals surface area contributed by atoms with Gasteiger partial charge in [0.1, 0.15) is 0 Å². The van der Waals surface area contributed by atoms with Crippen LogP contribution in [0.2, 0.25) is 0 Å². The molecule has 2 N–H and O–H groups in total. The third-order valence-electron chi connectivity index (χ3n) is 2.58. The molecule has 0 atom stereocenters. The van der Waals surface area contributed by atoms with Crippen molar-refractivity contribution in [2.75, 3.05) is 19.7 Å². The Kier molecular flexibility index (Phi) is 5.82. The Morgan fingerprint density at radius 3 is 2.35 bits per heavy atom. The fraction of sp³-hybridized carbons (Fsp3) is 0.462. The predicted molar refractivity (Wildman–Crippen MR) is 67.9 cm³/mol. The number of halogens is 3. The number of hydrogen-bond acceptors (Lipinski definition) is 3. The minimum atomic E-state index is -4.36. The first-order valence-electron chi connectivity index (χ1n) is 6.16. The fourth-order valence-corrected chi connectivity index (χ4v) is 1.63. The van der Waals surface area contributed by atoms with E-state index in [4.69, 9.17) is 10.5 Å². The molecule has 1 aromatic rings. The minimum absolute atomic E-state index is 0.161. The number of carbonyl (C=O) groups excluding carboxylic acids is 1. The second kappa shape index (κ2) is 7.14. The molecule has 7 heteroatoms. The van der Waals surface area contributed by atoms with Gasteiger partial charge in [0.05, 0.1) is 12.2 Å². The Morgan fingerprint density at radius 1 is 1.30 bits per heavy atom. The van der Waals surface area contributed by atoms with Gasteiger partial charge in [0.25, 0.3) is 0 Å². The second-order valence-electron chi connectivity index (χ2n) is 4.10. The Morgan fingerprint density at radius 2 is 1.90 bits per heavy atom. The monoisotopic (exact) mass is 290 g/mol. The zero-order valence-corrected chi connectivity index (χ0v) is 11.1. The molecule has 0 saturated heterocycles. The van der Waals surface area contributed by atoms with Gasteiger partial charge in [0.2, 0.25) is 0 Å². The summed E-state index contributed by atoms with van der Waals surface area (Å²) in [5.41, 5.74) is 5.26. The van der Waals surface area contributed by atoms with Gasteiger partial charge in [-0.3, -0.25) is 0 Å². The molecule has 0 saturated carbocycles. The maximum Gasteiger partial charge on any atom is 0.416 e. The number of nitrogens with two attached hydrogens (primary N) is 1. The van der Waals surface area contributed by atoms with Gasteiger partial charge in [-0.15, -0.1) is 0 Å². The van der Waals surface area contributed by atoms with E-state index in [0.29, 0.717) is 5.56 Å². The SMILES string of the molecule is CCOC(=O)N(CCN)Cc1ccc(C(F)(F)F)cc1. The topological polar surface area (TPSA) is 55.6 Å². The number of rotatable bonds is 5. The van der Waals surface area contributed by atoms with Gasteiger partial charge in [-0.2, -0.15) is 13.2 Å². The Balaban J connectivity index is 2.76. The summed E-state index contributed by atoms with van der Waals surface area (Å²) in [6.45, 7) is 2.59. The quantitative estimate of drug-likeness (QED) is 0.907. The molecule has 0 aromatic heterocycles. The summed E-state index contributed by atoms with van der Waals surface area (Å²) in [6.07, 6.45) is -4.89. The molecular weight excluding hydrogens is 273 g/mol. The fourth-order valence-electron chi connectivity index (χ4n) is 1.63. The molecule has 0 aliphatic rings. The van der Waals surface area contributed by atoms with Crippen molar-refractivity contribution < 1.29 is 22.7 Å². The molecule has 0 spiro atoms.